The fourth-order valence-electron chi connectivity index (χ4n) is 5.04. The van der Waals surface area contributed by atoms with Gasteiger partial charge in [-0.2, -0.15) is 0 Å². The lowest BCUT2D eigenvalue weighted by molar-refractivity contribution is -0.120. The number of nitrogens with two attached hydrogens (primary N) is 1. The molecular weight excluding hydrogens is 426 g/mol. The van der Waals surface area contributed by atoms with E-state index in [4.69, 9.17) is 17.3 Å². The van der Waals surface area contributed by atoms with Gasteiger partial charge in [0, 0.05) is 50.8 Å². The van der Waals surface area contributed by atoms with Crippen LogP contribution in [0.5, 0.6) is 0 Å². The molecule has 8 heteroatoms. The van der Waals surface area contributed by atoms with Gasteiger partial charge in [-0.1, -0.05) is 17.7 Å². The van der Waals surface area contributed by atoms with Crippen LogP contribution in [0.3, 0.4) is 0 Å². The second-order valence-corrected chi connectivity index (χ2v) is 9.46. The van der Waals surface area contributed by atoms with Crippen molar-refractivity contribution >= 4 is 29.1 Å². The van der Waals surface area contributed by atoms with Gasteiger partial charge in [-0.3, -0.25) is 14.6 Å². The van der Waals surface area contributed by atoms with E-state index < -0.39 is 5.41 Å². The van der Waals surface area contributed by atoms with Crippen LogP contribution in [0.1, 0.15) is 53.2 Å². The van der Waals surface area contributed by atoms with Crippen LogP contribution < -0.4 is 16.0 Å². The maximum atomic E-state index is 13.9. The number of pyridine rings is 1. The van der Waals surface area contributed by atoms with Crippen molar-refractivity contribution in [2.45, 2.75) is 37.1 Å². The molecule has 3 N–H and O–H groups in total. The van der Waals surface area contributed by atoms with E-state index in [0.29, 0.717) is 23.7 Å². The number of aromatic nitrogens is 1. The number of benzene rings is 1. The minimum absolute atomic E-state index is 0.00570. The zero-order valence-electron chi connectivity index (χ0n) is 18.0. The topological polar surface area (TPSA) is 91.6 Å². The van der Waals surface area contributed by atoms with Gasteiger partial charge in [0.25, 0.3) is 5.91 Å². The average Bonchev–Trinajstić information content (AvgIpc) is 3.45. The lowest BCUT2D eigenvalue weighted by atomic mass is 9.92. The number of carbonyl (C=O) groups excluding carboxylic acids is 2. The molecule has 2 aliphatic heterocycles. The highest BCUT2D eigenvalue weighted by Crippen LogP contribution is 2.49. The minimum atomic E-state index is -0.569. The second-order valence-electron chi connectivity index (χ2n) is 9.03. The lowest BCUT2D eigenvalue weighted by Crippen LogP contribution is -2.49. The Hall–Kier alpha value is -2.64. The van der Waals surface area contributed by atoms with Crippen molar-refractivity contribution in [2.75, 3.05) is 37.6 Å². The van der Waals surface area contributed by atoms with Gasteiger partial charge in [0.1, 0.15) is 0 Å². The van der Waals surface area contributed by atoms with Gasteiger partial charge in [-0.25, -0.2) is 0 Å². The van der Waals surface area contributed by atoms with Crippen LogP contribution in [0, 0.1) is 0 Å². The van der Waals surface area contributed by atoms with Crippen LogP contribution >= 0.6 is 11.6 Å². The predicted octanol–water partition coefficient (Wildman–Crippen LogP) is 2.64. The minimum Gasteiger partial charge on any atom is -0.371 e. The Bertz CT molecular complexity index is 1050. The molecule has 3 fully saturated rings. The number of halogens is 1. The quantitative estimate of drug-likeness (QED) is 0.726. The Morgan fingerprint density at radius 3 is 2.59 bits per heavy atom. The molecule has 1 aliphatic carbocycles. The van der Waals surface area contributed by atoms with Crippen LogP contribution in [0.2, 0.25) is 5.02 Å². The van der Waals surface area contributed by atoms with Gasteiger partial charge < -0.3 is 20.9 Å². The van der Waals surface area contributed by atoms with Crippen molar-refractivity contribution < 1.29 is 9.59 Å². The summed E-state index contributed by atoms with van der Waals surface area (Å²) in [5, 5.41) is 3.94. The first-order chi connectivity index (χ1) is 15.5. The zero-order valence-corrected chi connectivity index (χ0v) is 18.8. The Balaban J connectivity index is 1.52. The standard InChI is InChI=1S/C24H28ClN5O2/c25-18-11-16(13-28-14-18)21-15-27-7-10-30(21)22(31)19-4-3-17(24(5-6-24)23(26)32)12-20(19)29-8-1-2-9-29/h3-4,11-14,21,27H,1-2,5-10,15H2,(H2,26,32). The molecule has 2 amide bonds. The summed E-state index contributed by atoms with van der Waals surface area (Å²) < 4.78 is 0. The summed E-state index contributed by atoms with van der Waals surface area (Å²) >= 11 is 6.18. The van der Waals surface area contributed by atoms with E-state index in [2.05, 4.69) is 15.2 Å². The molecule has 0 radical (unpaired) electrons. The first-order valence-corrected chi connectivity index (χ1v) is 11.7. The number of hydrogen-bond acceptors (Lipinski definition) is 5. The zero-order chi connectivity index (χ0) is 22.3. The number of carbonyl (C=O) groups is 2. The van der Waals surface area contributed by atoms with Gasteiger partial charge in [0.2, 0.25) is 5.91 Å². The number of nitrogens with zero attached hydrogens (tertiary/aromatic N) is 3. The number of primary amides is 1. The highest BCUT2D eigenvalue weighted by atomic mass is 35.5. The largest absolute Gasteiger partial charge is 0.371 e. The van der Waals surface area contributed by atoms with E-state index in [1.54, 1.807) is 12.4 Å². The van der Waals surface area contributed by atoms with Gasteiger partial charge in [0.05, 0.1) is 22.0 Å². The van der Waals surface area contributed by atoms with Gasteiger partial charge in [-0.05, 0) is 55.0 Å². The summed E-state index contributed by atoms with van der Waals surface area (Å²) in [6, 6.07) is 7.58. The van der Waals surface area contributed by atoms with Crippen molar-refractivity contribution in [2.24, 2.45) is 5.73 Å². The number of nitrogens with one attached hydrogen (secondary N) is 1. The Morgan fingerprint density at radius 2 is 1.91 bits per heavy atom. The van der Waals surface area contributed by atoms with E-state index in [1.165, 1.54) is 0 Å². The molecule has 32 heavy (non-hydrogen) atoms. The van der Waals surface area contributed by atoms with Crippen LogP contribution in [-0.4, -0.2) is 54.4 Å². The molecule has 2 aromatic rings. The molecule has 168 valence electrons. The molecule has 0 bridgehead atoms. The van der Waals surface area contributed by atoms with Gasteiger partial charge >= 0.3 is 0 Å². The highest BCUT2D eigenvalue weighted by molar-refractivity contribution is 6.30. The lowest BCUT2D eigenvalue weighted by Gasteiger charge is -2.37. The number of piperazine rings is 1. The molecule has 3 heterocycles. The van der Waals surface area contributed by atoms with E-state index >= 15 is 0 Å². The van der Waals surface area contributed by atoms with E-state index in [9.17, 15) is 9.59 Å². The molecule has 1 saturated carbocycles. The Morgan fingerprint density at radius 1 is 1.12 bits per heavy atom. The van der Waals surface area contributed by atoms with Crippen LogP contribution in [-0.2, 0) is 10.2 Å². The SMILES string of the molecule is NC(=O)C1(c2ccc(C(=O)N3CCNCC3c3cncc(Cl)c3)c(N3CCCC3)c2)CC1. The van der Waals surface area contributed by atoms with Crippen molar-refractivity contribution in [3.05, 3.63) is 58.4 Å². The third kappa shape index (κ3) is 3.73. The second kappa shape index (κ2) is 8.37. The van der Waals surface area contributed by atoms with Crippen molar-refractivity contribution in [3.8, 4) is 0 Å². The van der Waals surface area contributed by atoms with E-state index in [1.807, 2.05) is 29.2 Å². The summed E-state index contributed by atoms with van der Waals surface area (Å²) in [6.45, 7) is 3.81. The van der Waals surface area contributed by atoms with E-state index in [0.717, 1.165) is 62.1 Å². The number of anilines is 1. The summed E-state index contributed by atoms with van der Waals surface area (Å²) in [6.07, 6.45) is 7.13. The van der Waals surface area contributed by atoms with Crippen molar-refractivity contribution in [1.82, 2.24) is 15.2 Å². The Labute approximate surface area is 192 Å². The number of hydrogen-bond donors (Lipinski definition) is 2. The molecule has 2 saturated heterocycles. The van der Waals surface area contributed by atoms with Gasteiger partial charge in [0.15, 0.2) is 0 Å². The monoisotopic (exact) mass is 453 g/mol. The third-order valence-electron chi connectivity index (χ3n) is 7.06. The molecule has 5 rings (SSSR count). The molecule has 0 spiro atoms. The normalized spacial score (nSPS) is 22.1. The van der Waals surface area contributed by atoms with E-state index in [-0.39, 0.29) is 17.9 Å². The molecule has 1 aromatic carbocycles. The summed E-state index contributed by atoms with van der Waals surface area (Å²) in [5.41, 5.74) is 8.60. The Kier molecular flexibility index (Phi) is 5.55. The first-order valence-electron chi connectivity index (χ1n) is 11.3. The third-order valence-corrected chi connectivity index (χ3v) is 7.27. The van der Waals surface area contributed by atoms with Crippen LogP contribution in [0.25, 0.3) is 0 Å². The fraction of sp³-hybridized carbons (Fsp3) is 0.458. The summed E-state index contributed by atoms with van der Waals surface area (Å²) in [5.74, 6) is -0.284. The molecule has 3 aliphatic rings. The molecule has 7 nitrogen and oxygen atoms in total. The van der Waals surface area contributed by atoms with Crippen LogP contribution in [0.15, 0.2) is 36.7 Å². The molecular formula is C24H28ClN5O2. The van der Waals surface area contributed by atoms with Gasteiger partial charge in [-0.15, -0.1) is 0 Å². The number of rotatable bonds is 5. The predicted molar refractivity (Wildman–Crippen MR) is 124 cm³/mol. The highest BCUT2D eigenvalue weighted by Gasteiger charge is 2.50. The average molecular weight is 454 g/mol. The fourth-order valence-corrected chi connectivity index (χ4v) is 5.22. The molecule has 1 unspecified atom stereocenters. The van der Waals surface area contributed by atoms with Crippen molar-refractivity contribution in [3.63, 3.8) is 0 Å². The number of amides is 2. The smallest absolute Gasteiger partial charge is 0.256 e. The maximum Gasteiger partial charge on any atom is 0.256 e. The molecule has 1 aromatic heterocycles. The van der Waals surface area contributed by atoms with Crippen molar-refractivity contribution in [1.29, 1.82) is 0 Å². The van der Waals surface area contributed by atoms with Crippen LogP contribution in [0.4, 0.5) is 5.69 Å². The summed E-state index contributed by atoms with van der Waals surface area (Å²) in [7, 11) is 0. The summed E-state index contributed by atoms with van der Waals surface area (Å²) in [4.78, 5) is 34.4. The first kappa shape index (κ1) is 21.2. The maximum absolute atomic E-state index is 13.9. The molecule has 1 atom stereocenters.